The van der Waals surface area contributed by atoms with E-state index in [0.29, 0.717) is 16.5 Å². The minimum Gasteiger partial charge on any atom is -0.494 e. The first kappa shape index (κ1) is 19.3. The maximum Gasteiger partial charge on any atom is 0.322 e. The summed E-state index contributed by atoms with van der Waals surface area (Å²) in [6.07, 6.45) is 1.44. The van der Waals surface area contributed by atoms with Crippen molar-refractivity contribution in [2.24, 2.45) is 0 Å². The average molecular weight is 445 g/mol. The Hall–Kier alpha value is -3.66. The third kappa shape index (κ3) is 2.75. The van der Waals surface area contributed by atoms with Crippen LogP contribution in [-0.2, 0) is 16.9 Å². The third-order valence-electron chi connectivity index (χ3n) is 5.46. The topological polar surface area (TPSA) is 114 Å². The molecule has 5 rings (SSSR count). The van der Waals surface area contributed by atoms with Gasteiger partial charge in [-0.15, -0.1) is 0 Å². The minimum absolute atomic E-state index is 0.0442. The van der Waals surface area contributed by atoms with Gasteiger partial charge in [0.2, 0.25) is 0 Å². The molecule has 0 radical (unpaired) electrons. The Balaban J connectivity index is 1.57. The van der Waals surface area contributed by atoms with Crippen LogP contribution in [0.4, 0.5) is 9.18 Å². The number of pyridine rings is 1. The lowest BCUT2D eigenvalue weighted by Crippen LogP contribution is -2.52. The summed E-state index contributed by atoms with van der Waals surface area (Å²) in [7, 11) is 1.30. The van der Waals surface area contributed by atoms with Crippen LogP contribution in [0.1, 0.15) is 21.7 Å². The van der Waals surface area contributed by atoms with Gasteiger partial charge in [-0.1, -0.05) is 17.7 Å². The summed E-state index contributed by atoms with van der Waals surface area (Å²) in [5.41, 5.74) is -1.05. The molecule has 1 aromatic carbocycles. The number of furan rings is 1. The Labute approximate surface area is 179 Å². The zero-order valence-electron chi connectivity index (χ0n) is 16.0. The number of hydrogen-bond donors (Lipinski definition) is 2. The Morgan fingerprint density at radius 1 is 1.32 bits per heavy atom. The normalized spacial score (nSPS) is 20.2. The summed E-state index contributed by atoms with van der Waals surface area (Å²) in [6.45, 7) is -0.243. The molecule has 31 heavy (non-hydrogen) atoms. The largest absolute Gasteiger partial charge is 0.494 e. The number of imide groups is 1. The molecule has 11 heteroatoms. The molecule has 1 saturated heterocycles. The smallest absolute Gasteiger partial charge is 0.322 e. The Kier molecular flexibility index (Phi) is 4.16. The lowest BCUT2D eigenvalue weighted by atomic mass is 9.95. The molecule has 0 unspecified atom stereocenters. The molecule has 4 amide bonds. The predicted octanol–water partition coefficient (Wildman–Crippen LogP) is 2.32. The van der Waals surface area contributed by atoms with Crippen LogP contribution in [0.2, 0.25) is 5.15 Å². The van der Waals surface area contributed by atoms with Gasteiger partial charge in [-0.25, -0.2) is 14.2 Å². The fourth-order valence-corrected chi connectivity index (χ4v) is 4.17. The standard InChI is InChI=1S/C20H14ClFN4O5/c1-30-12-3-2-9-7-26(17(27)14(9)15(12)22)8-20(18(28)24-19(29)25-20)13-6-10-11(31-13)4-5-23-16(10)21/h2-6H,7-8H2,1H3,(H2,24,25,28,29)/t20-/m0/s1. The van der Waals surface area contributed by atoms with E-state index in [-0.39, 0.29) is 35.3 Å². The highest BCUT2D eigenvalue weighted by Gasteiger charge is 2.53. The fourth-order valence-electron chi connectivity index (χ4n) is 3.96. The van der Waals surface area contributed by atoms with Gasteiger partial charge in [0, 0.05) is 12.7 Å². The van der Waals surface area contributed by atoms with Crippen LogP contribution in [0, 0.1) is 5.82 Å². The molecular formula is C20H14ClFN4O5. The Morgan fingerprint density at radius 2 is 2.13 bits per heavy atom. The lowest BCUT2D eigenvalue weighted by molar-refractivity contribution is -0.125. The second-order valence-electron chi connectivity index (χ2n) is 7.21. The fraction of sp³-hybridized carbons (Fsp3) is 0.200. The number of amides is 4. The van der Waals surface area contributed by atoms with Crippen molar-refractivity contribution in [3.05, 3.63) is 58.3 Å². The number of aromatic nitrogens is 1. The molecule has 3 aromatic rings. The van der Waals surface area contributed by atoms with Crippen molar-refractivity contribution in [1.29, 1.82) is 0 Å². The summed E-state index contributed by atoms with van der Waals surface area (Å²) in [5.74, 6) is -2.10. The molecule has 4 heterocycles. The van der Waals surface area contributed by atoms with Gasteiger partial charge >= 0.3 is 6.03 Å². The van der Waals surface area contributed by atoms with Crippen molar-refractivity contribution in [2.75, 3.05) is 13.7 Å². The first-order chi connectivity index (χ1) is 14.8. The van der Waals surface area contributed by atoms with Crippen LogP contribution in [0.5, 0.6) is 5.75 Å². The molecule has 0 saturated carbocycles. The summed E-state index contributed by atoms with van der Waals surface area (Å²) in [5, 5.41) is 5.33. The highest BCUT2D eigenvalue weighted by Crippen LogP contribution is 2.37. The highest BCUT2D eigenvalue weighted by atomic mass is 35.5. The van der Waals surface area contributed by atoms with E-state index >= 15 is 0 Å². The maximum atomic E-state index is 14.7. The number of urea groups is 1. The second kappa shape index (κ2) is 6.67. The van der Waals surface area contributed by atoms with E-state index in [1.807, 2.05) is 0 Å². The summed E-state index contributed by atoms with van der Waals surface area (Å²) >= 11 is 6.11. The summed E-state index contributed by atoms with van der Waals surface area (Å²) < 4.78 is 25.4. The predicted molar refractivity (Wildman–Crippen MR) is 105 cm³/mol. The van der Waals surface area contributed by atoms with Gasteiger partial charge in [0.05, 0.1) is 24.6 Å². The quantitative estimate of drug-likeness (QED) is 0.471. The van der Waals surface area contributed by atoms with Crippen LogP contribution in [0.3, 0.4) is 0 Å². The number of ether oxygens (including phenoxy) is 1. The Bertz CT molecular complexity index is 1290. The van der Waals surface area contributed by atoms with Crippen molar-refractivity contribution >= 4 is 40.4 Å². The summed E-state index contributed by atoms with van der Waals surface area (Å²) in [4.78, 5) is 43.1. The van der Waals surface area contributed by atoms with Crippen molar-refractivity contribution < 1.29 is 27.9 Å². The van der Waals surface area contributed by atoms with Gasteiger partial charge in [-0.3, -0.25) is 14.9 Å². The molecule has 0 spiro atoms. The first-order valence-corrected chi connectivity index (χ1v) is 9.54. The van der Waals surface area contributed by atoms with Crippen molar-refractivity contribution in [3.63, 3.8) is 0 Å². The molecule has 2 aliphatic heterocycles. The minimum atomic E-state index is -1.72. The summed E-state index contributed by atoms with van der Waals surface area (Å²) in [6, 6.07) is 5.33. The molecule has 2 N–H and O–H groups in total. The van der Waals surface area contributed by atoms with Crippen LogP contribution in [-0.4, -0.2) is 41.4 Å². The number of carbonyl (C=O) groups excluding carboxylic acids is 3. The molecule has 1 atom stereocenters. The molecular weight excluding hydrogens is 431 g/mol. The number of nitrogens with one attached hydrogen (secondary N) is 2. The Morgan fingerprint density at radius 3 is 2.81 bits per heavy atom. The molecule has 9 nitrogen and oxygen atoms in total. The number of methoxy groups -OCH3 is 1. The van der Waals surface area contributed by atoms with E-state index < -0.39 is 29.2 Å². The van der Waals surface area contributed by atoms with Crippen LogP contribution >= 0.6 is 11.6 Å². The van der Waals surface area contributed by atoms with Crippen molar-refractivity contribution in [1.82, 2.24) is 20.5 Å². The number of nitrogens with zero attached hydrogens (tertiary/aromatic N) is 2. The number of benzene rings is 1. The number of halogens is 2. The average Bonchev–Trinajstić information content (AvgIpc) is 3.38. The number of carbonyl (C=O) groups is 3. The molecule has 2 aliphatic rings. The molecule has 0 aliphatic carbocycles. The molecule has 2 aromatic heterocycles. The van der Waals surface area contributed by atoms with Crippen molar-refractivity contribution in [3.8, 4) is 5.75 Å². The third-order valence-corrected chi connectivity index (χ3v) is 5.76. The number of hydrogen-bond acceptors (Lipinski definition) is 6. The zero-order chi connectivity index (χ0) is 21.9. The molecule has 0 bridgehead atoms. The second-order valence-corrected chi connectivity index (χ2v) is 7.57. The van der Waals surface area contributed by atoms with E-state index in [2.05, 4.69) is 15.6 Å². The van der Waals surface area contributed by atoms with Gasteiger partial charge in [0.1, 0.15) is 16.5 Å². The molecule has 158 valence electrons. The first-order valence-electron chi connectivity index (χ1n) is 9.17. The van der Waals surface area contributed by atoms with Crippen LogP contribution < -0.4 is 15.4 Å². The van der Waals surface area contributed by atoms with Gasteiger partial charge in [-0.05, 0) is 23.8 Å². The van der Waals surface area contributed by atoms with Gasteiger partial charge in [-0.2, -0.15) is 0 Å². The van der Waals surface area contributed by atoms with E-state index in [1.165, 1.54) is 30.3 Å². The number of rotatable bonds is 4. The lowest BCUT2D eigenvalue weighted by Gasteiger charge is -2.29. The number of fused-ring (bicyclic) bond motifs is 2. The SMILES string of the molecule is COc1ccc2c(c1F)C(=O)N(C[C@@]1(c3cc4c(Cl)nccc4o3)NC(=O)NC1=O)C2. The maximum absolute atomic E-state index is 14.7. The van der Waals surface area contributed by atoms with Gasteiger partial charge < -0.3 is 19.4 Å². The van der Waals surface area contributed by atoms with Crippen LogP contribution in [0.25, 0.3) is 11.0 Å². The van der Waals surface area contributed by atoms with Crippen LogP contribution in [0.15, 0.2) is 34.9 Å². The monoisotopic (exact) mass is 444 g/mol. The van der Waals surface area contributed by atoms with E-state index in [4.69, 9.17) is 20.8 Å². The van der Waals surface area contributed by atoms with Gasteiger partial charge in [0.25, 0.3) is 11.8 Å². The highest BCUT2D eigenvalue weighted by molar-refractivity contribution is 6.34. The van der Waals surface area contributed by atoms with E-state index in [9.17, 15) is 18.8 Å². The van der Waals surface area contributed by atoms with E-state index in [1.54, 1.807) is 12.1 Å². The van der Waals surface area contributed by atoms with Gasteiger partial charge in [0.15, 0.2) is 17.1 Å². The van der Waals surface area contributed by atoms with E-state index in [0.717, 1.165) is 0 Å². The molecule has 1 fully saturated rings. The van der Waals surface area contributed by atoms with Crippen molar-refractivity contribution in [2.45, 2.75) is 12.1 Å². The zero-order valence-corrected chi connectivity index (χ0v) is 16.7.